The van der Waals surface area contributed by atoms with Crippen LogP contribution in [0.5, 0.6) is 5.75 Å². The number of fused-ring (bicyclic) bond motifs is 1. The predicted octanol–water partition coefficient (Wildman–Crippen LogP) is 1.94. The van der Waals surface area contributed by atoms with Gasteiger partial charge in [0.15, 0.2) is 0 Å². The minimum absolute atomic E-state index is 0.217. The number of phenolic OH excluding ortho intramolecular Hbond substituents is 1. The van der Waals surface area contributed by atoms with E-state index in [0.717, 1.165) is 10.8 Å². The first-order chi connectivity index (χ1) is 6.81. The number of benzene rings is 2. The molecule has 2 aromatic rings. The first-order valence-electron chi connectivity index (χ1n) is 4.33. The molecular formula is C11H11NO2. The summed E-state index contributed by atoms with van der Waals surface area (Å²) in [5.74, 6) is 5.18. The monoisotopic (exact) mass is 189 g/mol. The highest BCUT2D eigenvalue weighted by molar-refractivity contribution is 5.84. The molecular weight excluding hydrogens is 178 g/mol. The van der Waals surface area contributed by atoms with Crippen molar-refractivity contribution in [2.75, 3.05) is 0 Å². The molecule has 3 heteroatoms. The van der Waals surface area contributed by atoms with Crippen LogP contribution in [-0.4, -0.2) is 5.11 Å². The molecule has 0 spiro atoms. The van der Waals surface area contributed by atoms with Gasteiger partial charge in [-0.15, -0.1) is 0 Å². The second kappa shape index (κ2) is 3.65. The minimum atomic E-state index is 0.217. The van der Waals surface area contributed by atoms with E-state index in [1.807, 2.05) is 30.3 Å². The minimum Gasteiger partial charge on any atom is -0.508 e. The number of phenols is 1. The molecule has 0 saturated heterocycles. The Hall–Kier alpha value is -1.58. The van der Waals surface area contributed by atoms with Gasteiger partial charge in [0.25, 0.3) is 0 Å². The van der Waals surface area contributed by atoms with Crippen LogP contribution < -0.4 is 5.90 Å². The summed E-state index contributed by atoms with van der Waals surface area (Å²) in [5, 5.41) is 11.7. The number of aromatic hydroxyl groups is 1. The van der Waals surface area contributed by atoms with Crippen molar-refractivity contribution in [1.29, 1.82) is 0 Å². The second-order valence-corrected chi connectivity index (χ2v) is 3.14. The van der Waals surface area contributed by atoms with Crippen LogP contribution in [0.2, 0.25) is 0 Å². The first-order valence-corrected chi connectivity index (χ1v) is 4.33. The van der Waals surface area contributed by atoms with Gasteiger partial charge in [0.2, 0.25) is 0 Å². The molecule has 2 aromatic carbocycles. The fraction of sp³-hybridized carbons (Fsp3) is 0.0909. The maximum atomic E-state index is 9.60. The molecule has 72 valence electrons. The quantitative estimate of drug-likeness (QED) is 0.710. The standard InChI is InChI=1S/C11H11NO2/c12-14-7-10-5-8-3-1-2-4-9(8)6-11(10)13/h1-6,13H,7,12H2. The van der Waals surface area contributed by atoms with Crippen LogP contribution in [0.15, 0.2) is 36.4 Å². The predicted molar refractivity (Wildman–Crippen MR) is 54.6 cm³/mol. The van der Waals surface area contributed by atoms with E-state index in [1.54, 1.807) is 6.07 Å². The molecule has 0 aliphatic heterocycles. The van der Waals surface area contributed by atoms with E-state index >= 15 is 0 Å². The molecule has 0 bridgehead atoms. The summed E-state index contributed by atoms with van der Waals surface area (Å²) in [6.45, 7) is 0.219. The molecule has 0 aromatic heterocycles. The van der Waals surface area contributed by atoms with Crippen molar-refractivity contribution >= 4 is 10.8 Å². The summed E-state index contributed by atoms with van der Waals surface area (Å²) in [4.78, 5) is 4.50. The number of hydrogen-bond donors (Lipinski definition) is 2. The zero-order chi connectivity index (χ0) is 9.97. The summed E-state index contributed by atoms with van der Waals surface area (Å²) < 4.78 is 0. The van der Waals surface area contributed by atoms with Crippen LogP contribution >= 0.6 is 0 Å². The van der Waals surface area contributed by atoms with E-state index in [1.165, 1.54) is 0 Å². The SMILES string of the molecule is NOCc1cc2ccccc2cc1O. The molecule has 0 saturated carbocycles. The Balaban J connectivity index is 2.59. The molecule has 0 atom stereocenters. The lowest BCUT2D eigenvalue weighted by Crippen LogP contribution is -1.99. The highest BCUT2D eigenvalue weighted by Gasteiger charge is 2.02. The topological polar surface area (TPSA) is 55.5 Å². The Morgan fingerprint density at radius 1 is 1.14 bits per heavy atom. The van der Waals surface area contributed by atoms with Gasteiger partial charge in [0.1, 0.15) is 5.75 Å². The van der Waals surface area contributed by atoms with Crippen LogP contribution in [0.1, 0.15) is 5.56 Å². The van der Waals surface area contributed by atoms with Crippen LogP contribution in [0.25, 0.3) is 10.8 Å². The van der Waals surface area contributed by atoms with Crippen LogP contribution in [0, 0.1) is 0 Å². The van der Waals surface area contributed by atoms with E-state index in [4.69, 9.17) is 5.90 Å². The summed E-state index contributed by atoms with van der Waals surface area (Å²) in [7, 11) is 0. The molecule has 14 heavy (non-hydrogen) atoms. The Morgan fingerprint density at radius 3 is 2.43 bits per heavy atom. The average Bonchev–Trinajstić information content (AvgIpc) is 2.19. The van der Waals surface area contributed by atoms with Gasteiger partial charge >= 0.3 is 0 Å². The first kappa shape index (κ1) is 8.99. The fourth-order valence-corrected chi connectivity index (χ4v) is 1.48. The van der Waals surface area contributed by atoms with E-state index in [-0.39, 0.29) is 12.4 Å². The van der Waals surface area contributed by atoms with E-state index in [9.17, 15) is 5.11 Å². The summed E-state index contributed by atoms with van der Waals surface area (Å²) in [5.41, 5.74) is 0.700. The van der Waals surface area contributed by atoms with Gasteiger partial charge in [0.05, 0.1) is 6.61 Å². The smallest absolute Gasteiger partial charge is 0.121 e. The third kappa shape index (κ3) is 1.55. The van der Waals surface area contributed by atoms with E-state index in [2.05, 4.69) is 4.84 Å². The average molecular weight is 189 g/mol. The lowest BCUT2D eigenvalue weighted by atomic mass is 10.1. The van der Waals surface area contributed by atoms with Crippen molar-refractivity contribution in [1.82, 2.24) is 0 Å². The molecule has 3 nitrogen and oxygen atoms in total. The Labute approximate surface area is 81.7 Å². The zero-order valence-electron chi connectivity index (χ0n) is 7.60. The van der Waals surface area contributed by atoms with Gasteiger partial charge in [-0.1, -0.05) is 24.3 Å². The van der Waals surface area contributed by atoms with Crippen molar-refractivity contribution in [2.45, 2.75) is 6.61 Å². The summed E-state index contributed by atoms with van der Waals surface area (Å²) in [6.07, 6.45) is 0. The molecule has 0 aliphatic rings. The lowest BCUT2D eigenvalue weighted by Gasteiger charge is -2.05. The summed E-state index contributed by atoms with van der Waals surface area (Å²) in [6, 6.07) is 11.4. The largest absolute Gasteiger partial charge is 0.508 e. The highest BCUT2D eigenvalue weighted by Crippen LogP contribution is 2.24. The van der Waals surface area contributed by atoms with E-state index < -0.39 is 0 Å². The lowest BCUT2D eigenvalue weighted by molar-refractivity contribution is 0.122. The fourth-order valence-electron chi connectivity index (χ4n) is 1.48. The number of hydrogen-bond acceptors (Lipinski definition) is 3. The molecule has 0 fully saturated rings. The molecule has 2 rings (SSSR count). The molecule has 0 radical (unpaired) electrons. The Kier molecular flexibility index (Phi) is 2.35. The molecule has 0 amide bonds. The molecule has 0 unspecified atom stereocenters. The highest BCUT2D eigenvalue weighted by atomic mass is 16.6. The maximum absolute atomic E-state index is 9.60. The van der Waals surface area contributed by atoms with Gasteiger partial charge < -0.3 is 5.11 Å². The normalized spacial score (nSPS) is 10.6. The molecule has 3 N–H and O–H groups in total. The molecule has 0 aliphatic carbocycles. The zero-order valence-corrected chi connectivity index (χ0v) is 7.60. The third-order valence-corrected chi connectivity index (χ3v) is 2.19. The second-order valence-electron chi connectivity index (χ2n) is 3.14. The maximum Gasteiger partial charge on any atom is 0.121 e. The van der Waals surface area contributed by atoms with Gasteiger partial charge in [0, 0.05) is 5.56 Å². The van der Waals surface area contributed by atoms with Crippen LogP contribution in [0.4, 0.5) is 0 Å². The van der Waals surface area contributed by atoms with E-state index in [0.29, 0.717) is 5.56 Å². The van der Waals surface area contributed by atoms with Crippen LogP contribution in [0.3, 0.4) is 0 Å². The van der Waals surface area contributed by atoms with Crippen molar-refractivity contribution < 1.29 is 9.94 Å². The van der Waals surface area contributed by atoms with Crippen LogP contribution in [-0.2, 0) is 11.4 Å². The van der Waals surface area contributed by atoms with Crippen molar-refractivity contribution in [3.8, 4) is 5.75 Å². The summed E-state index contributed by atoms with van der Waals surface area (Å²) >= 11 is 0. The van der Waals surface area contributed by atoms with Gasteiger partial charge in [-0.05, 0) is 22.9 Å². The van der Waals surface area contributed by atoms with Gasteiger partial charge in [-0.3, -0.25) is 4.84 Å². The van der Waals surface area contributed by atoms with Gasteiger partial charge in [-0.2, -0.15) is 0 Å². The molecule has 0 heterocycles. The van der Waals surface area contributed by atoms with Crippen molar-refractivity contribution in [3.05, 3.63) is 42.0 Å². The number of rotatable bonds is 2. The van der Waals surface area contributed by atoms with Crippen molar-refractivity contribution in [2.24, 2.45) is 5.90 Å². The Bertz CT molecular complexity index is 454. The van der Waals surface area contributed by atoms with Gasteiger partial charge in [-0.25, -0.2) is 5.90 Å². The van der Waals surface area contributed by atoms with Crippen molar-refractivity contribution in [3.63, 3.8) is 0 Å². The third-order valence-electron chi connectivity index (χ3n) is 2.19. The Morgan fingerprint density at radius 2 is 1.79 bits per heavy atom. The number of nitrogens with two attached hydrogens (primary N) is 1.